The first-order chi connectivity index (χ1) is 7.17. The van der Waals surface area contributed by atoms with Crippen LogP contribution in [0.4, 0.5) is 0 Å². The maximum atomic E-state index is 10.1. The fourth-order valence-corrected chi connectivity index (χ4v) is 2.09. The summed E-state index contributed by atoms with van der Waals surface area (Å²) in [6.07, 6.45) is 3.05. The molecule has 0 heterocycles. The SMILES string of the molecule is COCc1cccc(C2(N)CCC2)c1O. The highest BCUT2D eigenvalue weighted by Crippen LogP contribution is 2.43. The highest BCUT2D eigenvalue weighted by atomic mass is 16.5. The van der Waals surface area contributed by atoms with Crippen LogP contribution < -0.4 is 5.73 Å². The van der Waals surface area contributed by atoms with E-state index in [0.29, 0.717) is 12.4 Å². The van der Waals surface area contributed by atoms with Crippen molar-refractivity contribution in [3.63, 3.8) is 0 Å². The lowest BCUT2D eigenvalue weighted by Gasteiger charge is -2.39. The molecule has 1 fully saturated rings. The van der Waals surface area contributed by atoms with Crippen molar-refractivity contribution < 1.29 is 9.84 Å². The van der Waals surface area contributed by atoms with Crippen molar-refractivity contribution in [2.24, 2.45) is 5.73 Å². The van der Waals surface area contributed by atoms with Crippen LogP contribution in [0.5, 0.6) is 5.75 Å². The monoisotopic (exact) mass is 207 g/mol. The first kappa shape index (κ1) is 10.5. The lowest BCUT2D eigenvalue weighted by atomic mass is 9.72. The van der Waals surface area contributed by atoms with Crippen molar-refractivity contribution >= 4 is 0 Å². The molecule has 3 N–H and O–H groups in total. The zero-order valence-electron chi connectivity index (χ0n) is 8.99. The molecular formula is C12H17NO2. The minimum atomic E-state index is -0.312. The van der Waals surface area contributed by atoms with Gasteiger partial charge in [-0.1, -0.05) is 18.2 Å². The van der Waals surface area contributed by atoms with Gasteiger partial charge in [0.15, 0.2) is 0 Å². The predicted octanol–water partition coefficient (Wildman–Crippen LogP) is 1.88. The van der Waals surface area contributed by atoms with Crippen molar-refractivity contribution in [3.8, 4) is 5.75 Å². The number of rotatable bonds is 3. The highest BCUT2D eigenvalue weighted by molar-refractivity contribution is 5.45. The summed E-state index contributed by atoms with van der Waals surface area (Å²) in [5, 5.41) is 10.1. The van der Waals surface area contributed by atoms with E-state index in [-0.39, 0.29) is 5.54 Å². The molecule has 1 saturated carbocycles. The molecule has 15 heavy (non-hydrogen) atoms. The van der Waals surface area contributed by atoms with Crippen molar-refractivity contribution in [2.75, 3.05) is 7.11 Å². The van der Waals surface area contributed by atoms with Crippen molar-refractivity contribution in [1.82, 2.24) is 0 Å². The number of hydrogen-bond acceptors (Lipinski definition) is 3. The number of hydrogen-bond donors (Lipinski definition) is 2. The van der Waals surface area contributed by atoms with Crippen LogP contribution in [0.25, 0.3) is 0 Å². The summed E-state index contributed by atoms with van der Waals surface area (Å²) in [6.45, 7) is 0.426. The molecule has 1 aliphatic rings. The van der Waals surface area contributed by atoms with Gasteiger partial charge in [-0.15, -0.1) is 0 Å². The minimum Gasteiger partial charge on any atom is -0.507 e. The predicted molar refractivity (Wildman–Crippen MR) is 58.5 cm³/mol. The Hall–Kier alpha value is -1.06. The number of methoxy groups -OCH3 is 1. The molecule has 0 bridgehead atoms. The van der Waals surface area contributed by atoms with Gasteiger partial charge in [-0.2, -0.15) is 0 Å². The highest BCUT2D eigenvalue weighted by Gasteiger charge is 2.36. The van der Waals surface area contributed by atoms with Crippen LogP contribution in [0.2, 0.25) is 0 Å². The van der Waals surface area contributed by atoms with E-state index in [4.69, 9.17) is 10.5 Å². The van der Waals surface area contributed by atoms with E-state index in [2.05, 4.69) is 0 Å². The van der Waals surface area contributed by atoms with Gasteiger partial charge in [0.05, 0.1) is 6.61 Å². The standard InChI is InChI=1S/C12H17NO2/c1-15-8-9-4-2-5-10(11(9)14)12(13)6-3-7-12/h2,4-5,14H,3,6-8,13H2,1H3. The Labute approximate surface area is 89.9 Å². The second-order valence-electron chi connectivity index (χ2n) is 4.26. The Morgan fingerprint density at radius 3 is 2.73 bits per heavy atom. The normalized spacial score (nSPS) is 18.5. The topological polar surface area (TPSA) is 55.5 Å². The van der Waals surface area contributed by atoms with E-state index < -0.39 is 0 Å². The van der Waals surface area contributed by atoms with E-state index in [1.54, 1.807) is 7.11 Å². The molecule has 0 atom stereocenters. The molecule has 0 unspecified atom stereocenters. The van der Waals surface area contributed by atoms with Crippen LogP contribution in [-0.2, 0) is 16.9 Å². The van der Waals surface area contributed by atoms with Gasteiger partial charge in [-0.3, -0.25) is 0 Å². The van der Waals surface area contributed by atoms with Gasteiger partial charge in [0, 0.05) is 23.8 Å². The van der Waals surface area contributed by atoms with Gasteiger partial charge in [0.1, 0.15) is 5.75 Å². The third-order valence-electron chi connectivity index (χ3n) is 3.20. The summed E-state index contributed by atoms with van der Waals surface area (Å²) in [6, 6.07) is 5.70. The summed E-state index contributed by atoms with van der Waals surface area (Å²) in [4.78, 5) is 0. The molecule has 3 nitrogen and oxygen atoms in total. The number of ether oxygens (including phenoxy) is 1. The number of benzene rings is 1. The van der Waals surface area contributed by atoms with Gasteiger partial charge < -0.3 is 15.6 Å². The molecule has 0 radical (unpaired) electrons. The van der Waals surface area contributed by atoms with Gasteiger partial charge in [-0.25, -0.2) is 0 Å². The second kappa shape index (κ2) is 3.83. The summed E-state index contributed by atoms with van der Waals surface area (Å²) in [5.41, 5.74) is 7.55. The molecule has 1 aromatic carbocycles. The summed E-state index contributed by atoms with van der Waals surface area (Å²) < 4.78 is 5.03. The largest absolute Gasteiger partial charge is 0.507 e. The summed E-state index contributed by atoms with van der Waals surface area (Å²) in [5.74, 6) is 0.307. The van der Waals surface area contributed by atoms with Crippen LogP contribution in [0.15, 0.2) is 18.2 Å². The number of phenolic OH excluding ortho intramolecular Hbond substituents is 1. The molecule has 0 aromatic heterocycles. The molecule has 2 rings (SSSR count). The first-order valence-corrected chi connectivity index (χ1v) is 5.26. The smallest absolute Gasteiger partial charge is 0.126 e. The Morgan fingerprint density at radius 1 is 1.47 bits per heavy atom. The van der Waals surface area contributed by atoms with E-state index >= 15 is 0 Å². The number of aromatic hydroxyl groups is 1. The van der Waals surface area contributed by atoms with Crippen molar-refractivity contribution in [1.29, 1.82) is 0 Å². The van der Waals surface area contributed by atoms with E-state index in [1.807, 2.05) is 18.2 Å². The maximum absolute atomic E-state index is 10.1. The molecule has 0 amide bonds. The van der Waals surface area contributed by atoms with Gasteiger partial charge >= 0.3 is 0 Å². The molecule has 82 valence electrons. The Balaban J connectivity index is 2.35. The molecular weight excluding hydrogens is 190 g/mol. The van der Waals surface area contributed by atoms with E-state index in [0.717, 1.165) is 30.4 Å². The van der Waals surface area contributed by atoms with Crippen molar-refractivity contribution in [2.45, 2.75) is 31.4 Å². The van der Waals surface area contributed by atoms with Crippen LogP contribution in [0.1, 0.15) is 30.4 Å². The molecule has 1 aliphatic carbocycles. The van der Waals surface area contributed by atoms with Crippen LogP contribution in [0.3, 0.4) is 0 Å². The third-order valence-corrected chi connectivity index (χ3v) is 3.20. The Morgan fingerprint density at radius 2 is 2.20 bits per heavy atom. The number of nitrogens with two attached hydrogens (primary N) is 1. The minimum absolute atomic E-state index is 0.307. The maximum Gasteiger partial charge on any atom is 0.126 e. The summed E-state index contributed by atoms with van der Waals surface area (Å²) in [7, 11) is 1.62. The average Bonchev–Trinajstić information content (AvgIpc) is 2.18. The van der Waals surface area contributed by atoms with E-state index in [1.165, 1.54) is 0 Å². The fraction of sp³-hybridized carbons (Fsp3) is 0.500. The first-order valence-electron chi connectivity index (χ1n) is 5.26. The lowest BCUT2D eigenvalue weighted by molar-refractivity contribution is 0.180. The molecule has 3 heteroatoms. The molecule has 0 aliphatic heterocycles. The third kappa shape index (κ3) is 1.73. The average molecular weight is 207 g/mol. The quantitative estimate of drug-likeness (QED) is 0.795. The summed E-state index contributed by atoms with van der Waals surface area (Å²) >= 11 is 0. The molecule has 0 spiro atoms. The van der Waals surface area contributed by atoms with Crippen LogP contribution in [-0.4, -0.2) is 12.2 Å². The van der Waals surface area contributed by atoms with Crippen molar-refractivity contribution in [3.05, 3.63) is 29.3 Å². The van der Waals surface area contributed by atoms with Crippen LogP contribution >= 0.6 is 0 Å². The fourth-order valence-electron chi connectivity index (χ4n) is 2.09. The molecule has 0 saturated heterocycles. The van der Waals surface area contributed by atoms with Gasteiger partial charge in [0.25, 0.3) is 0 Å². The Kier molecular flexibility index (Phi) is 2.67. The van der Waals surface area contributed by atoms with E-state index in [9.17, 15) is 5.11 Å². The van der Waals surface area contributed by atoms with Crippen LogP contribution in [0, 0.1) is 0 Å². The lowest BCUT2D eigenvalue weighted by Crippen LogP contribution is -2.43. The zero-order chi connectivity index (χ0) is 10.9. The van der Waals surface area contributed by atoms with Gasteiger partial charge in [0.2, 0.25) is 0 Å². The molecule has 1 aromatic rings. The van der Waals surface area contributed by atoms with Gasteiger partial charge in [-0.05, 0) is 19.3 Å². The Bertz CT molecular complexity index is 359. The zero-order valence-corrected chi connectivity index (χ0v) is 8.99. The number of phenols is 1. The second-order valence-corrected chi connectivity index (χ2v) is 4.26. The number of para-hydroxylation sites is 1.